The van der Waals surface area contributed by atoms with Crippen LogP contribution in [0.15, 0.2) is 12.4 Å². The fraction of sp³-hybridized carbons (Fsp3) is 0.556. The highest BCUT2D eigenvalue weighted by Gasteiger charge is 2.27. The Bertz CT molecular complexity index is 279. The summed E-state index contributed by atoms with van der Waals surface area (Å²) in [5, 5.41) is 0. The van der Waals surface area contributed by atoms with Gasteiger partial charge in [0, 0.05) is 6.04 Å². The van der Waals surface area contributed by atoms with Crippen molar-refractivity contribution in [1.82, 2.24) is 9.97 Å². The molecule has 0 saturated heterocycles. The van der Waals surface area contributed by atoms with Crippen molar-refractivity contribution in [3.05, 3.63) is 18.1 Å². The number of hydrogen-bond donors (Lipinski definition) is 1. The highest BCUT2D eigenvalue weighted by molar-refractivity contribution is 5.07. The van der Waals surface area contributed by atoms with Crippen LogP contribution in [0.25, 0.3) is 0 Å². The molecule has 4 nitrogen and oxygen atoms in total. The van der Waals surface area contributed by atoms with Crippen molar-refractivity contribution in [3.8, 4) is 5.88 Å². The zero-order chi connectivity index (χ0) is 9.26. The molecule has 0 unspecified atom stereocenters. The number of nitrogens with zero attached hydrogens (tertiary/aromatic N) is 2. The lowest BCUT2D eigenvalue weighted by Gasteiger charge is -2.31. The summed E-state index contributed by atoms with van der Waals surface area (Å²) in [6.07, 6.45) is 5.45. The molecule has 13 heavy (non-hydrogen) atoms. The van der Waals surface area contributed by atoms with E-state index in [1.54, 1.807) is 12.4 Å². The fourth-order valence-electron chi connectivity index (χ4n) is 1.31. The molecule has 2 rings (SSSR count). The van der Waals surface area contributed by atoms with E-state index in [0.29, 0.717) is 11.9 Å². The van der Waals surface area contributed by atoms with E-state index in [0.717, 1.165) is 18.5 Å². The lowest BCUT2D eigenvalue weighted by atomic mass is 9.90. The molecule has 1 fully saturated rings. The Morgan fingerprint density at radius 1 is 1.38 bits per heavy atom. The zero-order valence-corrected chi connectivity index (χ0v) is 7.60. The van der Waals surface area contributed by atoms with Gasteiger partial charge in [-0.25, -0.2) is 4.98 Å². The molecule has 0 spiro atoms. The Hall–Kier alpha value is -1.16. The van der Waals surface area contributed by atoms with Crippen molar-refractivity contribution in [3.63, 3.8) is 0 Å². The molecule has 4 heteroatoms. The molecule has 0 aromatic carbocycles. The molecule has 0 radical (unpaired) electrons. The van der Waals surface area contributed by atoms with Gasteiger partial charge in [-0.15, -0.1) is 0 Å². The first kappa shape index (κ1) is 8.44. The molecule has 1 aromatic rings. The molecular weight excluding hydrogens is 166 g/mol. The minimum Gasteiger partial charge on any atom is -0.473 e. The molecule has 1 aliphatic rings. The van der Waals surface area contributed by atoms with Crippen molar-refractivity contribution in [2.24, 2.45) is 5.73 Å². The van der Waals surface area contributed by atoms with Gasteiger partial charge in [-0.05, 0) is 19.8 Å². The van der Waals surface area contributed by atoms with Crippen LogP contribution in [0, 0.1) is 6.92 Å². The number of hydrogen-bond acceptors (Lipinski definition) is 4. The van der Waals surface area contributed by atoms with Crippen molar-refractivity contribution in [2.45, 2.75) is 31.9 Å². The Kier molecular flexibility index (Phi) is 2.14. The number of rotatable bonds is 2. The third kappa shape index (κ3) is 1.95. The molecule has 0 aliphatic heterocycles. The van der Waals surface area contributed by atoms with Gasteiger partial charge in [-0.1, -0.05) is 0 Å². The molecule has 1 heterocycles. The van der Waals surface area contributed by atoms with Crippen molar-refractivity contribution in [2.75, 3.05) is 0 Å². The van der Waals surface area contributed by atoms with Gasteiger partial charge >= 0.3 is 0 Å². The summed E-state index contributed by atoms with van der Waals surface area (Å²) in [5.74, 6) is 0.600. The standard InChI is InChI=1S/C9H13N3O/c1-6-4-12-9(5-11-6)13-8-2-7(10)3-8/h4-5,7-8H,2-3,10H2,1H3/t7-,8-. The molecule has 0 amide bonds. The van der Waals surface area contributed by atoms with E-state index in [-0.39, 0.29) is 6.10 Å². The number of aryl methyl sites for hydroxylation is 1. The Labute approximate surface area is 77.1 Å². The number of nitrogens with two attached hydrogens (primary N) is 1. The predicted molar refractivity (Wildman–Crippen MR) is 48.4 cm³/mol. The second-order valence-electron chi connectivity index (χ2n) is 3.47. The smallest absolute Gasteiger partial charge is 0.232 e. The predicted octanol–water partition coefficient (Wildman–Crippen LogP) is 0.654. The molecule has 1 aromatic heterocycles. The van der Waals surface area contributed by atoms with E-state index in [1.165, 1.54) is 0 Å². The fourth-order valence-corrected chi connectivity index (χ4v) is 1.31. The second kappa shape index (κ2) is 3.30. The number of aromatic nitrogens is 2. The third-order valence-corrected chi connectivity index (χ3v) is 2.18. The summed E-state index contributed by atoms with van der Waals surface area (Å²) in [6.45, 7) is 1.90. The van der Waals surface area contributed by atoms with Crippen LogP contribution in [0.4, 0.5) is 0 Å². The minimum absolute atomic E-state index is 0.243. The van der Waals surface area contributed by atoms with Crippen LogP contribution < -0.4 is 10.5 Å². The number of ether oxygens (including phenoxy) is 1. The molecule has 0 bridgehead atoms. The van der Waals surface area contributed by atoms with E-state index < -0.39 is 0 Å². The van der Waals surface area contributed by atoms with Crippen molar-refractivity contribution >= 4 is 0 Å². The summed E-state index contributed by atoms with van der Waals surface area (Å²) < 4.78 is 5.52. The summed E-state index contributed by atoms with van der Waals surface area (Å²) in [5.41, 5.74) is 6.53. The maximum absolute atomic E-state index is 5.63. The Morgan fingerprint density at radius 3 is 2.69 bits per heavy atom. The normalized spacial score (nSPS) is 26.6. The SMILES string of the molecule is Cc1cnc(O[C@H]2C[C@H](N)C2)cn1. The highest BCUT2D eigenvalue weighted by Crippen LogP contribution is 2.22. The maximum Gasteiger partial charge on any atom is 0.232 e. The van der Waals surface area contributed by atoms with Crippen LogP contribution >= 0.6 is 0 Å². The first-order chi connectivity index (χ1) is 6.24. The van der Waals surface area contributed by atoms with Crippen molar-refractivity contribution < 1.29 is 4.74 Å². The van der Waals surface area contributed by atoms with Crippen LogP contribution in [0.1, 0.15) is 18.5 Å². The largest absolute Gasteiger partial charge is 0.473 e. The second-order valence-corrected chi connectivity index (χ2v) is 3.47. The van der Waals surface area contributed by atoms with E-state index in [4.69, 9.17) is 10.5 Å². The van der Waals surface area contributed by atoms with Crippen molar-refractivity contribution in [1.29, 1.82) is 0 Å². The van der Waals surface area contributed by atoms with Gasteiger partial charge in [0.25, 0.3) is 0 Å². The van der Waals surface area contributed by atoms with E-state index >= 15 is 0 Å². The van der Waals surface area contributed by atoms with Crippen LogP contribution in [0.5, 0.6) is 5.88 Å². The monoisotopic (exact) mass is 179 g/mol. The summed E-state index contributed by atoms with van der Waals surface area (Å²) in [4.78, 5) is 8.19. The zero-order valence-electron chi connectivity index (χ0n) is 7.60. The lowest BCUT2D eigenvalue weighted by Crippen LogP contribution is -2.43. The van der Waals surface area contributed by atoms with Crippen LogP contribution in [-0.4, -0.2) is 22.1 Å². The molecule has 70 valence electrons. The topological polar surface area (TPSA) is 61.0 Å². The molecular formula is C9H13N3O. The molecule has 0 atom stereocenters. The van der Waals surface area contributed by atoms with Gasteiger partial charge in [0.05, 0.1) is 18.1 Å². The summed E-state index contributed by atoms with van der Waals surface area (Å²) >= 11 is 0. The Balaban J connectivity index is 1.91. The average molecular weight is 179 g/mol. The van der Waals surface area contributed by atoms with E-state index in [2.05, 4.69) is 9.97 Å². The average Bonchev–Trinajstić information content (AvgIpc) is 2.06. The first-order valence-corrected chi connectivity index (χ1v) is 4.45. The van der Waals surface area contributed by atoms with Gasteiger partial charge in [0.15, 0.2) is 0 Å². The van der Waals surface area contributed by atoms with Gasteiger partial charge in [-0.2, -0.15) is 0 Å². The quantitative estimate of drug-likeness (QED) is 0.724. The molecule has 1 aliphatic carbocycles. The lowest BCUT2D eigenvalue weighted by molar-refractivity contribution is 0.0953. The summed E-state index contributed by atoms with van der Waals surface area (Å²) in [6, 6.07) is 0.309. The minimum atomic E-state index is 0.243. The van der Waals surface area contributed by atoms with Crippen LogP contribution in [0.2, 0.25) is 0 Å². The maximum atomic E-state index is 5.63. The van der Waals surface area contributed by atoms with Crippen LogP contribution in [-0.2, 0) is 0 Å². The van der Waals surface area contributed by atoms with E-state index in [1.807, 2.05) is 6.92 Å². The molecule has 1 saturated carbocycles. The van der Waals surface area contributed by atoms with Gasteiger partial charge in [0.1, 0.15) is 6.10 Å². The third-order valence-electron chi connectivity index (χ3n) is 2.18. The van der Waals surface area contributed by atoms with Gasteiger partial charge < -0.3 is 10.5 Å². The molecule has 2 N–H and O–H groups in total. The van der Waals surface area contributed by atoms with Crippen LogP contribution in [0.3, 0.4) is 0 Å². The summed E-state index contributed by atoms with van der Waals surface area (Å²) in [7, 11) is 0. The Morgan fingerprint density at radius 2 is 2.15 bits per heavy atom. The first-order valence-electron chi connectivity index (χ1n) is 4.45. The van der Waals surface area contributed by atoms with Gasteiger partial charge in [0.2, 0.25) is 5.88 Å². The van der Waals surface area contributed by atoms with Gasteiger partial charge in [-0.3, -0.25) is 4.98 Å². The van der Waals surface area contributed by atoms with E-state index in [9.17, 15) is 0 Å². The highest BCUT2D eigenvalue weighted by atomic mass is 16.5.